The first kappa shape index (κ1) is 18.2. The zero-order valence-corrected chi connectivity index (χ0v) is 15.2. The lowest BCUT2D eigenvalue weighted by molar-refractivity contribution is 0.340. The molecule has 1 aliphatic rings. The van der Waals surface area contributed by atoms with Crippen molar-refractivity contribution in [1.29, 1.82) is 0 Å². The van der Waals surface area contributed by atoms with Gasteiger partial charge in [0.1, 0.15) is 0 Å². The van der Waals surface area contributed by atoms with Crippen molar-refractivity contribution in [2.75, 3.05) is 14.2 Å². The fourth-order valence-corrected chi connectivity index (χ4v) is 2.54. The Morgan fingerprint density at radius 1 is 1.00 bits per heavy atom. The van der Waals surface area contributed by atoms with Crippen molar-refractivity contribution >= 4 is 17.6 Å². The van der Waals surface area contributed by atoms with Gasteiger partial charge in [0.15, 0.2) is 11.5 Å². The van der Waals surface area contributed by atoms with Gasteiger partial charge in [-0.05, 0) is 48.1 Å². The molecule has 0 aliphatic heterocycles. The van der Waals surface area contributed by atoms with Gasteiger partial charge in [0.25, 0.3) is 0 Å². The SMILES string of the molecule is C=C1C=C(N=Cc2cc(OC)c(O)c(OC)c2)C=CC1=Nc1ccccc1. The lowest BCUT2D eigenvalue weighted by Gasteiger charge is -2.10. The van der Waals surface area contributed by atoms with E-state index < -0.39 is 0 Å². The first-order valence-corrected chi connectivity index (χ1v) is 8.32. The van der Waals surface area contributed by atoms with E-state index in [2.05, 4.69) is 16.6 Å². The Bertz CT molecular complexity index is 945. The number of aromatic hydroxyl groups is 1. The summed E-state index contributed by atoms with van der Waals surface area (Å²) in [4.78, 5) is 9.05. The van der Waals surface area contributed by atoms with Gasteiger partial charge < -0.3 is 14.6 Å². The van der Waals surface area contributed by atoms with Crippen LogP contribution >= 0.6 is 0 Å². The van der Waals surface area contributed by atoms with E-state index >= 15 is 0 Å². The molecule has 136 valence electrons. The molecule has 0 bridgehead atoms. The molecule has 5 nitrogen and oxygen atoms in total. The van der Waals surface area contributed by atoms with Gasteiger partial charge in [-0.25, -0.2) is 4.99 Å². The maximum Gasteiger partial charge on any atom is 0.200 e. The van der Waals surface area contributed by atoms with E-state index in [1.807, 2.05) is 48.6 Å². The Labute approximate surface area is 158 Å². The van der Waals surface area contributed by atoms with Crippen LogP contribution in [0.25, 0.3) is 0 Å². The first-order valence-electron chi connectivity index (χ1n) is 8.32. The van der Waals surface area contributed by atoms with Gasteiger partial charge in [-0.15, -0.1) is 0 Å². The lowest BCUT2D eigenvalue weighted by atomic mass is 10.1. The molecular weight excluding hydrogens is 340 g/mol. The predicted octanol–water partition coefficient (Wildman–Crippen LogP) is 4.61. The van der Waals surface area contributed by atoms with Crippen LogP contribution in [0.5, 0.6) is 17.2 Å². The average molecular weight is 360 g/mol. The molecule has 0 heterocycles. The van der Waals surface area contributed by atoms with Crippen LogP contribution in [0, 0.1) is 0 Å². The molecule has 1 N–H and O–H groups in total. The molecule has 5 heteroatoms. The van der Waals surface area contributed by atoms with Crippen molar-refractivity contribution in [3.8, 4) is 17.2 Å². The average Bonchev–Trinajstić information content (AvgIpc) is 2.69. The predicted molar refractivity (Wildman–Crippen MR) is 109 cm³/mol. The zero-order valence-electron chi connectivity index (χ0n) is 15.2. The second-order valence-electron chi connectivity index (χ2n) is 5.79. The van der Waals surface area contributed by atoms with E-state index in [1.54, 1.807) is 18.3 Å². The summed E-state index contributed by atoms with van der Waals surface area (Å²) in [7, 11) is 2.97. The summed E-state index contributed by atoms with van der Waals surface area (Å²) < 4.78 is 10.3. The molecule has 2 aromatic carbocycles. The highest BCUT2D eigenvalue weighted by molar-refractivity contribution is 6.12. The molecular formula is C22H20N2O3. The molecule has 0 radical (unpaired) electrons. The quantitative estimate of drug-likeness (QED) is 0.792. The number of nitrogens with zero attached hydrogens (tertiary/aromatic N) is 2. The monoisotopic (exact) mass is 360 g/mol. The Morgan fingerprint density at radius 3 is 2.26 bits per heavy atom. The highest BCUT2D eigenvalue weighted by Crippen LogP contribution is 2.36. The Balaban J connectivity index is 1.80. The van der Waals surface area contributed by atoms with Crippen LogP contribution in [0.15, 0.2) is 88.5 Å². The molecule has 0 aromatic heterocycles. The van der Waals surface area contributed by atoms with E-state index in [1.165, 1.54) is 14.2 Å². The highest BCUT2D eigenvalue weighted by Gasteiger charge is 2.11. The van der Waals surface area contributed by atoms with E-state index in [-0.39, 0.29) is 5.75 Å². The third-order valence-corrected chi connectivity index (χ3v) is 3.93. The molecule has 2 aromatic rings. The number of benzene rings is 2. The Kier molecular flexibility index (Phi) is 5.52. The minimum atomic E-state index is -0.0379. The summed E-state index contributed by atoms with van der Waals surface area (Å²) in [5.74, 6) is 0.611. The standard InChI is InChI=1S/C22H20N2O3/c1-15-11-18(9-10-19(15)24-17-7-5-4-6-8-17)23-14-16-12-20(26-2)22(25)21(13-16)27-3/h4-14,25H,1H2,2-3H3. The van der Waals surface area contributed by atoms with E-state index in [0.29, 0.717) is 11.5 Å². The maximum absolute atomic E-state index is 9.97. The van der Waals surface area contributed by atoms with Crippen LogP contribution in [0.1, 0.15) is 5.56 Å². The van der Waals surface area contributed by atoms with Gasteiger partial charge in [-0.2, -0.15) is 0 Å². The number of phenols is 1. The van der Waals surface area contributed by atoms with Crippen LogP contribution in [0.3, 0.4) is 0 Å². The summed E-state index contributed by atoms with van der Waals surface area (Å²) in [6.07, 6.45) is 7.31. The van der Waals surface area contributed by atoms with Crippen molar-refractivity contribution in [3.63, 3.8) is 0 Å². The van der Waals surface area contributed by atoms with Gasteiger partial charge in [-0.1, -0.05) is 24.8 Å². The second-order valence-corrected chi connectivity index (χ2v) is 5.79. The number of rotatable bonds is 5. The van der Waals surface area contributed by atoms with Crippen LogP contribution in [-0.4, -0.2) is 31.3 Å². The molecule has 0 unspecified atom stereocenters. The molecule has 27 heavy (non-hydrogen) atoms. The molecule has 0 amide bonds. The fraction of sp³-hybridized carbons (Fsp3) is 0.0909. The van der Waals surface area contributed by atoms with Gasteiger partial charge in [-0.3, -0.25) is 4.99 Å². The fourth-order valence-electron chi connectivity index (χ4n) is 2.54. The van der Waals surface area contributed by atoms with Gasteiger partial charge >= 0.3 is 0 Å². The third-order valence-electron chi connectivity index (χ3n) is 3.93. The van der Waals surface area contributed by atoms with Crippen LogP contribution in [-0.2, 0) is 0 Å². The van der Waals surface area contributed by atoms with Crippen molar-refractivity contribution in [3.05, 3.63) is 84.1 Å². The van der Waals surface area contributed by atoms with Crippen LogP contribution in [0.4, 0.5) is 5.69 Å². The number of para-hydroxylation sites is 1. The van der Waals surface area contributed by atoms with E-state index in [4.69, 9.17) is 9.47 Å². The smallest absolute Gasteiger partial charge is 0.200 e. The number of hydrogen-bond donors (Lipinski definition) is 1. The molecule has 0 saturated carbocycles. The summed E-state index contributed by atoms with van der Waals surface area (Å²) in [6.45, 7) is 4.06. The number of hydrogen-bond acceptors (Lipinski definition) is 5. The lowest BCUT2D eigenvalue weighted by Crippen LogP contribution is -2.00. The highest BCUT2D eigenvalue weighted by atomic mass is 16.5. The minimum absolute atomic E-state index is 0.0379. The molecule has 1 aliphatic carbocycles. The summed E-state index contributed by atoms with van der Waals surface area (Å²) in [5, 5.41) is 9.97. The maximum atomic E-state index is 9.97. The molecule has 0 spiro atoms. The van der Waals surface area contributed by atoms with E-state index in [0.717, 1.165) is 28.2 Å². The summed E-state index contributed by atoms with van der Waals surface area (Å²) >= 11 is 0. The largest absolute Gasteiger partial charge is 0.502 e. The van der Waals surface area contributed by atoms with Crippen LogP contribution < -0.4 is 9.47 Å². The van der Waals surface area contributed by atoms with Crippen LogP contribution in [0.2, 0.25) is 0 Å². The topological polar surface area (TPSA) is 63.4 Å². The summed E-state index contributed by atoms with van der Waals surface area (Å²) in [6, 6.07) is 13.1. The molecule has 3 rings (SSSR count). The number of phenolic OH excluding ortho intramolecular Hbond substituents is 1. The number of allylic oxidation sites excluding steroid dienone is 4. The molecule has 0 fully saturated rings. The Hall–Kier alpha value is -3.60. The summed E-state index contributed by atoms with van der Waals surface area (Å²) in [5.41, 5.74) is 3.95. The number of ether oxygens (including phenoxy) is 2. The number of aliphatic imine (C=N–C) groups is 2. The van der Waals surface area contributed by atoms with Gasteiger partial charge in [0.2, 0.25) is 5.75 Å². The normalized spacial score (nSPS) is 15.3. The van der Waals surface area contributed by atoms with Gasteiger partial charge in [0, 0.05) is 11.8 Å². The van der Waals surface area contributed by atoms with Crippen molar-refractivity contribution in [1.82, 2.24) is 0 Å². The Morgan fingerprint density at radius 2 is 1.67 bits per heavy atom. The van der Waals surface area contributed by atoms with Crippen molar-refractivity contribution < 1.29 is 14.6 Å². The zero-order chi connectivity index (χ0) is 19.2. The first-order chi connectivity index (χ1) is 13.1. The molecule has 0 atom stereocenters. The van der Waals surface area contributed by atoms with Crippen molar-refractivity contribution in [2.24, 2.45) is 9.98 Å². The van der Waals surface area contributed by atoms with Gasteiger partial charge in [0.05, 0.1) is 31.3 Å². The third kappa shape index (κ3) is 4.33. The number of methoxy groups -OCH3 is 2. The minimum Gasteiger partial charge on any atom is -0.502 e. The van der Waals surface area contributed by atoms with Crippen molar-refractivity contribution in [2.45, 2.75) is 0 Å². The van der Waals surface area contributed by atoms with E-state index in [9.17, 15) is 5.11 Å². The second kappa shape index (κ2) is 8.19. The molecule has 0 saturated heterocycles.